The third-order valence-electron chi connectivity index (χ3n) is 2.42. The summed E-state index contributed by atoms with van der Waals surface area (Å²) in [5.41, 5.74) is 0. The summed E-state index contributed by atoms with van der Waals surface area (Å²) in [6, 6.07) is 0.874. The molecule has 0 aromatic heterocycles. The Balaban J connectivity index is 0. The Hall–Kier alpha value is 0.177. The second-order valence-electron chi connectivity index (χ2n) is 4.14. The van der Waals surface area contributed by atoms with E-state index < -0.39 is 0 Å². The minimum absolute atomic E-state index is 0. The maximum Gasteiger partial charge on any atom is 0.0466 e. The first-order valence-electron chi connectivity index (χ1n) is 5.02. The van der Waals surface area contributed by atoms with E-state index in [2.05, 4.69) is 18.4 Å². The lowest BCUT2D eigenvalue weighted by molar-refractivity contribution is 0.388. The van der Waals surface area contributed by atoms with Gasteiger partial charge in [0.1, 0.15) is 0 Å². The van der Waals surface area contributed by atoms with Crippen molar-refractivity contribution < 1.29 is 0 Å². The minimum atomic E-state index is -0.353. The molecule has 0 saturated heterocycles. The monoisotopic (exact) mass is 203 g/mol. The summed E-state index contributed by atoms with van der Waals surface area (Å²) in [5, 5.41) is 3.68. The third kappa shape index (κ3) is 7.26. The molecule has 1 aliphatic rings. The van der Waals surface area contributed by atoms with Crippen molar-refractivity contribution >= 4 is 8.80 Å². The van der Waals surface area contributed by atoms with Crippen molar-refractivity contribution in [1.82, 2.24) is 5.32 Å². The zero-order valence-corrected chi connectivity index (χ0v) is 9.05. The zero-order valence-electron chi connectivity index (χ0n) is 7.90. The first kappa shape index (κ1) is 15.6. The molecule has 0 heterocycles. The molecule has 2 heteroatoms. The average Bonchev–Trinajstić information content (AvgIpc) is 2.03. The molecule has 0 aromatic rings. The van der Waals surface area contributed by atoms with Crippen molar-refractivity contribution in [1.29, 1.82) is 0 Å². The van der Waals surface area contributed by atoms with E-state index in [4.69, 9.17) is 0 Å². The van der Waals surface area contributed by atoms with E-state index in [9.17, 15) is 0 Å². The van der Waals surface area contributed by atoms with E-state index in [1.165, 1.54) is 38.3 Å². The highest BCUT2D eigenvalue weighted by Gasteiger charge is 2.12. The van der Waals surface area contributed by atoms with Gasteiger partial charge >= 0.3 is 0 Å². The molecule has 0 atom stereocenters. The Labute approximate surface area is 86.9 Å². The molecule has 1 N–H and O–H groups in total. The van der Waals surface area contributed by atoms with E-state index in [1.807, 2.05) is 0 Å². The van der Waals surface area contributed by atoms with Gasteiger partial charge in [0.15, 0.2) is 0 Å². The molecule has 0 aromatic carbocycles. The molecule has 1 nitrogen and oxygen atoms in total. The molecule has 82 valence electrons. The van der Waals surface area contributed by atoms with Crippen LogP contribution in [0, 0.1) is 0 Å². The maximum atomic E-state index is 3.68. The summed E-state index contributed by atoms with van der Waals surface area (Å²) in [4.78, 5) is 0. The largest absolute Gasteiger partial charge is 0.317 e. The molecule has 0 radical (unpaired) electrons. The van der Waals surface area contributed by atoms with Gasteiger partial charge in [0.2, 0.25) is 0 Å². The van der Waals surface area contributed by atoms with Gasteiger partial charge in [-0.25, -0.2) is 0 Å². The number of hydrogen-bond acceptors (Lipinski definition) is 1. The van der Waals surface area contributed by atoms with Crippen molar-refractivity contribution in [3.8, 4) is 0 Å². The summed E-state index contributed by atoms with van der Waals surface area (Å²) in [7, 11) is -0.353. The third-order valence-corrected chi connectivity index (χ3v) is 3.47. The van der Waals surface area contributed by atoms with Gasteiger partial charge in [-0.15, -0.1) is 0 Å². The lowest BCUT2D eigenvalue weighted by Crippen LogP contribution is -2.36. The van der Waals surface area contributed by atoms with Crippen LogP contribution in [0.5, 0.6) is 0 Å². The van der Waals surface area contributed by atoms with Gasteiger partial charge in [0.05, 0.1) is 0 Å². The zero-order chi connectivity index (χ0) is 8.10. The molecular formula is C11H29NSi. The van der Waals surface area contributed by atoms with Gasteiger partial charge in [-0.1, -0.05) is 47.2 Å². The lowest BCUT2D eigenvalue weighted by Gasteiger charge is -2.23. The first-order chi connectivity index (χ1) is 5.29. The van der Waals surface area contributed by atoms with Gasteiger partial charge in [-0.3, -0.25) is 0 Å². The van der Waals surface area contributed by atoms with Gasteiger partial charge in [-0.2, -0.15) is 0 Å². The van der Waals surface area contributed by atoms with Crippen LogP contribution in [0.4, 0.5) is 0 Å². The summed E-state index contributed by atoms with van der Waals surface area (Å²) in [5.74, 6) is 0. The molecule has 0 unspecified atom stereocenters. The van der Waals surface area contributed by atoms with Crippen LogP contribution in [-0.4, -0.2) is 21.0 Å². The van der Waals surface area contributed by atoms with Gasteiger partial charge < -0.3 is 5.32 Å². The molecule has 0 aliphatic heterocycles. The van der Waals surface area contributed by atoms with Crippen molar-refractivity contribution in [3.05, 3.63) is 0 Å². The van der Waals surface area contributed by atoms with Crippen LogP contribution in [0.1, 0.15) is 47.0 Å². The highest BCUT2D eigenvalue weighted by atomic mass is 28.3. The van der Waals surface area contributed by atoms with E-state index in [1.54, 1.807) is 0 Å². The van der Waals surface area contributed by atoms with Gasteiger partial charge in [0, 0.05) is 14.8 Å². The van der Waals surface area contributed by atoms with Crippen LogP contribution in [0.2, 0.25) is 13.1 Å². The van der Waals surface area contributed by atoms with Crippen molar-refractivity contribution in [2.24, 2.45) is 0 Å². The predicted octanol–water partition coefficient (Wildman–Crippen LogP) is 3.21. The average molecular weight is 203 g/mol. The second-order valence-corrected chi connectivity index (χ2v) is 7.33. The Morgan fingerprint density at radius 3 is 2.08 bits per heavy atom. The first-order valence-corrected chi connectivity index (χ1v) is 8.15. The number of nitrogens with one attached hydrogen (secondary N) is 1. The normalized spacial score (nSPS) is 17.8. The molecular weight excluding hydrogens is 174 g/mol. The van der Waals surface area contributed by atoms with E-state index >= 15 is 0 Å². The standard InChI is InChI=1S/C9H21NSi.2CH4/c1-11(2)8-10-9-6-4-3-5-7-9;;/h9-11H,3-8H2,1-2H3;2*1H4. The minimum Gasteiger partial charge on any atom is -0.317 e. The summed E-state index contributed by atoms with van der Waals surface area (Å²) < 4.78 is 0. The van der Waals surface area contributed by atoms with Gasteiger partial charge in [0.25, 0.3) is 0 Å². The van der Waals surface area contributed by atoms with Crippen LogP contribution in [0.25, 0.3) is 0 Å². The number of rotatable bonds is 3. The highest BCUT2D eigenvalue weighted by Crippen LogP contribution is 2.16. The summed E-state index contributed by atoms with van der Waals surface area (Å²) >= 11 is 0. The molecule has 1 aliphatic carbocycles. The Morgan fingerprint density at radius 2 is 1.62 bits per heavy atom. The molecule has 0 bridgehead atoms. The Bertz CT molecular complexity index is 98.3. The highest BCUT2D eigenvalue weighted by molar-refractivity contribution is 6.55. The summed E-state index contributed by atoms with van der Waals surface area (Å²) in [6.45, 7) is 4.83. The fourth-order valence-corrected chi connectivity index (χ4v) is 2.51. The van der Waals surface area contributed by atoms with E-state index in [0.717, 1.165) is 6.04 Å². The molecule has 13 heavy (non-hydrogen) atoms. The predicted molar refractivity (Wildman–Crippen MR) is 67.2 cm³/mol. The SMILES string of the molecule is C.C.C[SiH](C)CNC1CCCCC1. The quantitative estimate of drug-likeness (QED) is 0.695. The topological polar surface area (TPSA) is 12.0 Å². The van der Waals surface area contributed by atoms with Crippen LogP contribution >= 0.6 is 0 Å². The Morgan fingerprint density at radius 1 is 1.08 bits per heavy atom. The van der Waals surface area contributed by atoms with Crippen LogP contribution in [0.3, 0.4) is 0 Å². The van der Waals surface area contributed by atoms with Crippen LogP contribution in [-0.2, 0) is 0 Å². The number of hydrogen-bond donors (Lipinski definition) is 1. The molecule has 1 fully saturated rings. The van der Waals surface area contributed by atoms with Crippen molar-refractivity contribution in [2.75, 3.05) is 6.17 Å². The Kier molecular flexibility index (Phi) is 10.5. The summed E-state index contributed by atoms with van der Waals surface area (Å²) in [6.07, 6.45) is 8.58. The van der Waals surface area contributed by atoms with Crippen LogP contribution in [0.15, 0.2) is 0 Å². The van der Waals surface area contributed by atoms with Crippen molar-refractivity contribution in [3.63, 3.8) is 0 Å². The smallest absolute Gasteiger partial charge is 0.0466 e. The fraction of sp³-hybridized carbons (Fsp3) is 1.00. The molecule has 1 rings (SSSR count). The van der Waals surface area contributed by atoms with E-state index in [0.29, 0.717) is 0 Å². The lowest BCUT2D eigenvalue weighted by atomic mass is 9.96. The molecule has 0 amide bonds. The molecule has 0 spiro atoms. The van der Waals surface area contributed by atoms with Crippen LogP contribution < -0.4 is 5.32 Å². The van der Waals surface area contributed by atoms with Crippen molar-refractivity contribution in [2.45, 2.75) is 66.1 Å². The second kappa shape index (κ2) is 8.76. The maximum absolute atomic E-state index is 3.68. The molecule has 1 saturated carbocycles. The van der Waals surface area contributed by atoms with E-state index in [-0.39, 0.29) is 23.7 Å². The van der Waals surface area contributed by atoms with Gasteiger partial charge in [-0.05, 0) is 19.0 Å². The fourth-order valence-electron chi connectivity index (χ4n) is 1.71.